The Morgan fingerprint density at radius 2 is 1.76 bits per heavy atom. The fourth-order valence-corrected chi connectivity index (χ4v) is 4.78. The number of hydrogen-bond donors (Lipinski definition) is 0. The highest BCUT2D eigenvalue weighted by Gasteiger charge is 2.51. The van der Waals surface area contributed by atoms with Gasteiger partial charge in [-0.1, -0.05) is 58.3 Å². The number of nitrogens with zero attached hydrogens (tertiary/aromatic N) is 3. The summed E-state index contributed by atoms with van der Waals surface area (Å²) < 4.78 is 10.8. The van der Waals surface area contributed by atoms with E-state index in [4.69, 9.17) is 9.47 Å². The predicted octanol–water partition coefficient (Wildman–Crippen LogP) is 6.16. The molecule has 0 aliphatic carbocycles. The minimum Gasteiger partial charge on any atom is -0.454 e. The number of cyclic esters (lactones) is 1. The maximum Gasteiger partial charge on any atom is 0.419 e. The van der Waals surface area contributed by atoms with Crippen molar-refractivity contribution < 1.29 is 23.9 Å². The fourth-order valence-electron chi connectivity index (χ4n) is 3.79. The van der Waals surface area contributed by atoms with Gasteiger partial charge in [-0.05, 0) is 34.1 Å². The molecule has 2 heterocycles. The lowest BCUT2D eigenvalue weighted by Crippen LogP contribution is -2.38. The molecule has 34 heavy (non-hydrogen) atoms. The minimum absolute atomic E-state index is 0.267. The summed E-state index contributed by atoms with van der Waals surface area (Å²) in [5.41, 5.74) is -2.27. The van der Waals surface area contributed by atoms with Crippen LogP contribution in [0.2, 0.25) is 0 Å². The van der Waals surface area contributed by atoms with E-state index < -0.39 is 29.2 Å². The van der Waals surface area contributed by atoms with Crippen LogP contribution in [-0.2, 0) is 24.7 Å². The lowest BCUT2D eigenvalue weighted by atomic mass is 10.1. The zero-order valence-corrected chi connectivity index (χ0v) is 21.8. The van der Waals surface area contributed by atoms with Crippen molar-refractivity contribution in [3.8, 4) is 6.07 Å². The molecule has 2 amide bonds. The molecule has 1 aliphatic rings. The van der Waals surface area contributed by atoms with E-state index in [1.165, 1.54) is 58.6 Å². The largest absolute Gasteiger partial charge is 0.454 e. The molecule has 1 unspecified atom stereocenters. The Morgan fingerprint density at radius 1 is 1.18 bits per heavy atom. The Morgan fingerprint density at radius 3 is 2.29 bits per heavy atom. The average Bonchev–Trinajstić information content (AvgIpc) is 3.32. The molecule has 2 rings (SSSR count). The highest BCUT2D eigenvalue weighted by molar-refractivity contribution is 7.11. The Bertz CT molecular complexity index is 903. The smallest absolute Gasteiger partial charge is 0.419 e. The number of amides is 2. The van der Waals surface area contributed by atoms with Gasteiger partial charge in [0.2, 0.25) is 0 Å². The highest BCUT2D eigenvalue weighted by Crippen LogP contribution is 2.37. The number of carbonyl (C=O) groups excluding carboxylic acids is 3. The summed E-state index contributed by atoms with van der Waals surface area (Å²) in [6, 6.07) is 0.768. The van der Waals surface area contributed by atoms with Gasteiger partial charge in [-0.2, -0.15) is 5.26 Å². The molecule has 0 radical (unpaired) electrons. The third-order valence-corrected chi connectivity index (χ3v) is 7.21. The first kappa shape index (κ1) is 27.8. The van der Waals surface area contributed by atoms with Gasteiger partial charge in [0.05, 0.1) is 10.9 Å². The van der Waals surface area contributed by atoms with E-state index >= 15 is 0 Å². The summed E-state index contributed by atoms with van der Waals surface area (Å²) in [4.78, 5) is 42.8. The molecule has 0 bridgehead atoms. The summed E-state index contributed by atoms with van der Waals surface area (Å²) in [5.74, 6) is -0.868. The number of imide groups is 1. The Labute approximate surface area is 206 Å². The van der Waals surface area contributed by atoms with Crippen molar-refractivity contribution in [2.24, 2.45) is 0 Å². The van der Waals surface area contributed by atoms with Crippen molar-refractivity contribution in [1.82, 2.24) is 9.88 Å². The summed E-state index contributed by atoms with van der Waals surface area (Å²) in [6.45, 7) is 8.69. The third-order valence-electron chi connectivity index (χ3n) is 5.86. The number of carbonyl (C=O) groups is 3. The van der Waals surface area contributed by atoms with Gasteiger partial charge in [0, 0.05) is 12.6 Å². The van der Waals surface area contributed by atoms with Crippen LogP contribution in [0.4, 0.5) is 4.79 Å². The molecule has 1 fully saturated rings. The standard InChI is InChI=1S/C25H37N3O5S/c1-6-7-8-9-10-11-12-13-14-15-20(29)32-24(2,3)19-17-27-21(34-19)18(16-26)28-22(30)25(4,5)33-23(28)31/h17-18H,6-15H2,1-5H3. The van der Waals surface area contributed by atoms with Gasteiger partial charge in [0.15, 0.2) is 11.6 Å². The van der Waals surface area contributed by atoms with Crippen LogP contribution in [0.15, 0.2) is 6.20 Å². The second kappa shape index (κ2) is 12.3. The minimum atomic E-state index is -1.32. The number of thiazole rings is 1. The quantitative estimate of drug-likeness (QED) is 0.226. The first-order chi connectivity index (χ1) is 16.0. The molecule has 0 N–H and O–H groups in total. The molecule has 1 saturated heterocycles. The summed E-state index contributed by atoms with van der Waals surface area (Å²) in [7, 11) is 0. The number of esters is 1. The van der Waals surface area contributed by atoms with Crippen LogP contribution in [-0.4, -0.2) is 33.5 Å². The molecule has 1 aromatic heterocycles. The fraction of sp³-hybridized carbons (Fsp3) is 0.720. The third kappa shape index (κ3) is 7.26. The first-order valence-electron chi connectivity index (χ1n) is 12.2. The molecule has 9 heteroatoms. The van der Waals surface area contributed by atoms with Crippen molar-refractivity contribution in [2.75, 3.05) is 0 Å². The summed E-state index contributed by atoms with van der Waals surface area (Å²) in [5, 5.41) is 9.91. The van der Waals surface area contributed by atoms with Gasteiger partial charge in [0.1, 0.15) is 10.6 Å². The van der Waals surface area contributed by atoms with E-state index in [0.717, 1.165) is 35.5 Å². The maximum atomic E-state index is 12.5. The van der Waals surface area contributed by atoms with Gasteiger partial charge in [0.25, 0.3) is 5.91 Å². The predicted molar refractivity (Wildman–Crippen MR) is 129 cm³/mol. The monoisotopic (exact) mass is 491 g/mol. The van der Waals surface area contributed by atoms with Crippen molar-refractivity contribution >= 4 is 29.3 Å². The van der Waals surface area contributed by atoms with E-state index in [1.807, 2.05) is 6.07 Å². The normalized spacial score (nSPS) is 16.3. The van der Waals surface area contributed by atoms with Crippen LogP contribution >= 0.6 is 11.3 Å². The lowest BCUT2D eigenvalue weighted by molar-refractivity contribution is -0.157. The number of rotatable bonds is 14. The second-order valence-corrected chi connectivity index (χ2v) is 10.8. The number of nitriles is 1. The molecule has 0 spiro atoms. The maximum absolute atomic E-state index is 12.5. The van der Waals surface area contributed by atoms with Gasteiger partial charge in [-0.3, -0.25) is 9.59 Å². The van der Waals surface area contributed by atoms with Crippen LogP contribution in [0.5, 0.6) is 0 Å². The zero-order valence-electron chi connectivity index (χ0n) is 21.0. The number of ether oxygens (including phenoxy) is 2. The Balaban J connectivity index is 1.86. The summed E-state index contributed by atoms with van der Waals surface area (Å²) in [6.07, 6.45) is 11.6. The van der Waals surface area contributed by atoms with Crippen LogP contribution in [0.1, 0.15) is 115 Å². The van der Waals surface area contributed by atoms with E-state index in [2.05, 4.69) is 11.9 Å². The Kier molecular flexibility index (Phi) is 10.0. The lowest BCUT2D eigenvalue weighted by Gasteiger charge is -2.23. The molecule has 8 nitrogen and oxygen atoms in total. The first-order valence-corrected chi connectivity index (χ1v) is 13.0. The molecular weight excluding hydrogens is 454 g/mol. The molecule has 1 aromatic rings. The molecule has 188 valence electrons. The zero-order chi connectivity index (χ0) is 25.4. The molecule has 0 saturated carbocycles. The van der Waals surface area contributed by atoms with Gasteiger partial charge >= 0.3 is 12.1 Å². The van der Waals surface area contributed by atoms with Crippen molar-refractivity contribution in [1.29, 1.82) is 5.26 Å². The number of hydrogen-bond acceptors (Lipinski definition) is 8. The van der Waals surface area contributed by atoms with Crippen molar-refractivity contribution in [3.63, 3.8) is 0 Å². The molecule has 1 aliphatic heterocycles. The van der Waals surface area contributed by atoms with Gasteiger partial charge < -0.3 is 9.47 Å². The number of aromatic nitrogens is 1. The van der Waals surface area contributed by atoms with Crippen molar-refractivity contribution in [2.45, 2.75) is 116 Å². The van der Waals surface area contributed by atoms with Crippen molar-refractivity contribution in [3.05, 3.63) is 16.1 Å². The van der Waals surface area contributed by atoms with E-state index in [0.29, 0.717) is 11.3 Å². The average molecular weight is 492 g/mol. The van der Waals surface area contributed by atoms with Gasteiger partial charge in [-0.25, -0.2) is 14.7 Å². The SMILES string of the molecule is CCCCCCCCCCCC(=O)OC(C)(C)c1cnc(C(C#N)N2C(=O)OC(C)(C)C2=O)s1. The Hall–Kier alpha value is -2.47. The van der Waals surface area contributed by atoms with Gasteiger partial charge in [-0.15, -0.1) is 11.3 Å². The second-order valence-electron chi connectivity index (χ2n) is 9.71. The molecule has 0 aromatic carbocycles. The highest BCUT2D eigenvalue weighted by atomic mass is 32.1. The number of unbranched alkanes of at least 4 members (excludes halogenated alkanes) is 8. The van der Waals surface area contributed by atoms with Crippen LogP contribution in [0.25, 0.3) is 0 Å². The van der Waals surface area contributed by atoms with E-state index in [9.17, 15) is 19.6 Å². The van der Waals surface area contributed by atoms with Crippen LogP contribution < -0.4 is 0 Å². The molecular formula is C25H37N3O5S. The molecule has 1 atom stereocenters. The summed E-state index contributed by atoms with van der Waals surface area (Å²) >= 11 is 1.14. The van der Waals surface area contributed by atoms with E-state index in [1.54, 1.807) is 13.8 Å². The van der Waals surface area contributed by atoms with Crippen LogP contribution in [0, 0.1) is 11.3 Å². The topological polar surface area (TPSA) is 110 Å². The van der Waals surface area contributed by atoms with E-state index in [-0.39, 0.29) is 11.0 Å². The van der Waals surface area contributed by atoms with Crippen LogP contribution in [0.3, 0.4) is 0 Å².